The molecule has 110 valence electrons. The van der Waals surface area contributed by atoms with Gasteiger partial charge >= 0.3 is 0 Å². The van der Waals surface area contributed by atoms with Crippen molar-refractivity contribution in [3.8, 4) is 11.5 Å². The van der Waals surface area contributed by atoms with Gasteiger partial charge in [0.05, 0.1) is 17.7 Å². The van der Waals surface area contributed by atoms with E-state index in [0.717, 1.165) is 0 Å². The molecule has 1 heterocycles. The molecule has 0 spiro atoms. The van der Waals surface area contributed by atoms with Crippen LogP contribution in [0.2, 0.25) is 5.02 Å². The molecule has 0 saturated heterocycles. The number of benzene rings is 1. The number of hydrogen-bond acceptors (Lipinski definition) is 5. The number of aliphatic hydroxyl groups is 1. The topological polar surface area (TPSA) is 77.0 Å². The molecule has 0 fully saturated rings. The minimum atomic E-state index is -0.597. The molecule has 0 aromatic heterocycles. The van der Waals surface area contributed by atoms with Crippen molar-refractivity contribution in [3.05, 3.63) is 22.7 Å². The summed E-state index contributed by atoms with van der Waals surface area (Å²) in [7, 11) is 1.51. The highest BCUT2D eigenvalue weighted by Crippen LogP contribution is 2.39. The minimum absolute atomic E-state index is 0.101. The second kappa shape index (κ2) is 6.78. The fourth-order valence-electron chi connectivity index (χ4n) is 1.83. The van der Waals surface area contributed by atoms with Gasteiger partial charge in [0, 0.05) is 19.2 Å². The van der Waals surface area contributed by atoms with Gasteiger partial charge in [-0.25, -0.2) is 0 Å². The molecular formula is C13H16ClNO5. The van der Waals surface area contributed by atoms with Crippen molar-refractivity contribution in [1.29, 1.82) is 0 Å². The Morgan fingerprint density at radius 2 is 2.35 bits per heavy atom. The van der Waals surface area contributed by atoms with Crippen LogP contribution >= 0.6 is 11.6 Å². The van der Waals surface area contributed by atoms with Gasteiger partial charge in [0.2, 0.25) is 6.79 Å². The molecule has 1 amide bonds. The number of carbonyl (C=O) groups is 1. The monoisotopic (exact) mass is 301 g/mol. The van der Waals surface area contributed by atoms with Crippen LogP contribution in [0.15, 0.2) is 12.1 Å². The summed E-state index contributed by atoms with van der Waals surface area (Å²) in [6, 6.07) is 3.10. The molecule has 1 atom stereocenters. The van der Waals surface area contributed by atoms with E-state index in [1.807, 2.05) is 0 Å². The minimum Gasteiger partial charge on any atom is -0.454 e. The first-order valence-corrected chi connectivity index (χ1v) is 6.54. The standard InChI is InChI=1S/C13H16ClNO5/c1-18-6-9(16)2-3-15-13(17)8-4-10(14)12-11(5-8)19-7-20-12/h4-5,9,16H,2-3,6-7H2,1H3,(H,15,17). The van der Waals surface area contributed by atoms with E-state index < -0.39 is 6.10 Å². The Kier molecular flexibility index (Phi) is 5.05. The molecule has 0 radical (unpaired) electrons. The average Bonchev–Trinajstić information content (AvgIpc) is 2.87. The number of methoxy groups -OCH3 is 1. The van der Waals surface area contributed by atoms with Crippen LogP contribution in [0.25, 0.3) is 0 Å². The van der Waals surface area contributed by atoms with Gasteiger partial charge in [0.15, 0.2) is 11.5 Å². The predicted molar refractivity (Wildman–Crippen MR) is 72.4 cm³/mol. The van der Waals surface area contributed by atoms with E-state index in [1.165, 1.54) is 13.2 Å². The summed E-state index contributed by atoms with van der Waals surface area (Å²) in [6.07, 6.45) is -0.182. The van der Waals surface area contributed by atoms with Gasteiger partial charge in [-0.1, -0.05) is 11.6 Å². The van der Waals surface area contributed by atoms with E-state index in [-0.39, 0.29) is 19.3 Å². The van der Waals surface area contributed by atoms with Crippen molar-refractivity contribution in [2.75, 3.05) is 27.1 Å². The van der Waals surface area contributed by atoms with Crippen LogP contribution in [0, 0.1) is 0 Å². The summed E-state index contributed by atoms with van der Waals surface area (Å²) in [4.78, 5) is 12.0. The maximum atomic E-state index is 12.0. The van der Waals surface area contributed by atoms with E-state index >= 15 is 0 Å². The summed E-state index contributed by atoms with van der Waals surface area (Å²) >= 11 is 6.00. The van der Waals surface area contributed by atoms with Crippen molar-refractivity contribution in [2.24, 2.45) is 0 Å². The van der Waals surface area contributed by atoms with Gasteiger partial charge in [0.1, 0.15) is 0 Å². The van der Waals surface area contributed by atoms with Gasteiger partial charge in [0.25, 0.3) is 5.91 Å². The highest BCUT2D eigenvalue weighted by atomic mass is 35.5. The molecule has 1 aromatic rings. The van der Waals surface area contributed by atoms with Crippen LogP contribution in [0.1, 0.15) is 16.8 Å². The van der Waals surface area contributed by atoms with Gasteiger partial charge < -0.3 is 24.6 Å². The lowest BCUT2D eigenvalue weighted by molar-refractivity contribution is 0.0587. The Balaban J connectivity index is 1.91. The van der Waals surface area contributed by atoms with Crippen LogP contribution in [0.5, 0.6) is 11.5 Å². The largest absolute Gasteiger partial charge is 0.454 e. The third kappa shape index (κ3) is 3.53. The molecule has 0 bridgehead atoms. The number of nitrogens with one attached hydrogen (secondary N) is 1. The highest BCUT2D eigenvalue weighted by Gasteiger charge is 2.20. The Morgan fingerprint density at radius 3 is 3.10 bits per heavy atom. The Bertz CT molecular complexity index is 494. The van der Waals surface area contributed by atoms with Crippen molar-refractivity contribution in [2.45, 2.75) is 12.5 Å². The van der Waals surface area contributed by atoms with Crippen LogP contribution in [-0.4, -0.2) is 44.2 Å². The van der Waals surface area contributed by atoms with Crippen LogP contribution in [0.4, 0.5) is 0 Å². The first kappa shape index (κ1) is 14.9. The third-order valence-corrected chi connectivity index (χ3v) is 3.09. The lowest BCUT2D eigenvalue weighted by Gasteiger charge is -2.10. The molecule has 1 unspecified atom stereocenters. The maximum Gasteiger partial charge on any atom is 0.251 e. The molecular weight excluding hydrogens is 286 g/mol. The van der Waals surface area contributed by atoms with Crippen molar-refractivity contribution >= 4 is 17.5 Å². The number of ether oxygens (including phenoxy) is 3. The normalized spacial score (nSPS) is 14.2. The number of hydrogen-bond donors (Lipinski definition) is 2. The summed E-state index contributed by atoms with van der Waals surface area (Å²) < 4.78 is 15.2. The lowest BCUT2D eigenvalue weighted by atomic mass is 10.2. The SMILES string of the molecule is COCC(O)CCNC(=O)c1cc(Cl)c2c(c1)OCO2. The van der Waals surface area contributed by atoms with Crippen molar-refractivity contribution < 1.29 is 24.1 Å². The second-order valence-corrected chi connectivity index (χ2v) is 4.75. The smallest absolute Gasteiger partial charge is 0.251 e. The summed E-state index contributed by atoms with van der Waals surface area (Å²) in [6.45, 7) is 0.685. The lowest BCUT2D eigenvalue weighted by Crippen LogP contribution is -2.28. The van der Waals surface area contributed by atoms with E-state index in [2.05, 4.69) is 5.32 Å². The highest BCUT2D eigenvalue weighted by molar-refractivity contribution is 6.32. The maximum absolute atomic E-state index is 12.0. The number of carbonyl (C=O) groups excluding carboxylic acids is 1. The molecule has 0 saturated carbocycles. The first-order valence-electron chi connectivity index (χ1n) is 6.16. The number of aliphatic hydroxyl groups excluding tert-OH is 1. The van der Waals surface area contributed by atoms with E-state index in [0.29, 0.717) is 35.1 Å². The van der Waals surface area contributed by atoms with Crippen LogP contribution < -0.4 is 14.8 Å². The quantitative estimate of drug-likeness (QED) is 0.825. The fraction of sp³-hybridized carbons (Fsp3) is 0.462. The average molecular weight is 302 g/mol. The second-order valence-electron chi connectivity index (χ2n) is 4.35. The third-order valence-electron chi connectivity index (χ3n) is 2.81. The summed E-state index contributed by atoms with van der Waals surface area (Å²) in [5, 5.41) is 12.5. The Hall–Kier alpha value is -1.50. The van der Waals surface area contributed by atoms with E-state index in [4.69, 9.17) is 25.8 Å². The summed E-state index contributed by atoms with van der Waals surface area (Å²) in [5.74, 6) is 0.635. The van der Waals surface area contributed by atoms with E-state index in [9.17, 15) is 9.90 Å². The number of rotatable bonds is 6. The van der Waals surface area contributed by atoms with Crippen LogP contribution in [0.3, 0.4) is 0 Å². The number of amides is 1. The molecule has 6 nitrogen and oxygen atoms in total. The van der Waals surface area contributed by atoms with Gasteiger partial charge in [-0.2, -0.15) is 0 Å². The zero-order valence-electron chi connectivity index (χ0n) is 11.0. The Morgan fingerprint density at radius 1 is 1.55 bits per heavy atom. The zero-order chi connectivity index (χ0) is 14.5. The Labute approximate surface area is 121 Å². The van der Waals surface area contributed by atoms with Gasteiger partial charge in [-0.15, -0.1) is 0 Å². The predicted octanol–water partition coefficient (Wildman–Crippen LogP) is 1.20. The fourth-order valence-corrected chi connectivity index (χ4v) is 2.09. The molecule has 0 aliphatic carbocycles. The molecule has 1 aliphatic heterocycles. The van der Waals surface area contributed by atoms with Gasteiger partial charge in [-0.3, -0.25) is 4.79 Å². The van der Waals surface area contributed by atoms with E-state index in [1.54, 1.807) is 6.07 Å². The van der Waals surface area contributed by atoms with Gasteiger partial charge in [-0.05, 0) is 18.6 Å². The molecule has 1 aliphatic rings. The summed E-state index contributed by atoms with van der Waals surface area (Å²) in [5.41, 5.74) is 0.389. The number of halogens is 1. The molecule has 1 aromatic carbocycles. The molecule has 2 N–H and O–H groups in total. The zero-order valence-corrected chi connectivity index (χ0v) is 11.8. The molecule has 20 heavy (non-hydrogen) atoms. The van der Waals surface area contributed by atoms with Crippen molar-refractivity contribution in [1.82, 2.24) is 5.32 Å². The molecule has 7 heteroatoms. The van der Waals surface area contributed by atoms with Crippen molar-refractivity contribution in [3.63, 3.8) is 0 Å². The number of fused-ring (bicyclic) bond motifs is 1. The molecule has 2 rings (SSSR count). The first-order chi connectivity index (χ1) is 9.61. The van der Waals surface area contributed by atoms with Crippen LogP contribution in [-0.2, 0) is 4.74 Å².